The van der Waals surface area contributed by atoms with E-state index in [2.05, 4.69) is 15.6 Å². The minimum absolute atomic E-state index is 0.0405. The highest BCUT2D eigenvalue weighted by molar-refractivity contribution is 5.97. The second kappa shape index (κ2) is 9.41. The first-order chi connectivity index (χ1) is 14.0. The molecule has 1 aliphatic heterocycles. The summed E-state index contributed by atoms with van der Waals surface area (Å²) in [5.41, 5.74) is 2.29. The molecule has 1 amide bonds. The standard InChI is InChI=1S/C22H27FN4O2/c1-15-9-10-17(13-18(15)23)16(2)26-22(24-3)25-11-6-12-27-19-7-4-5-8-20(19)29-14-21(27)28/h4-5,7-10,13,16H,6,11-12,14H2,1-3H3,(H2,24,25,26). The fourth-order valence-corrected chi connectivity index (χ4v) is 3.20. The third-order valence-electron chi connectivity index (χ3n) is 4.93. The van der Waals surface area contributed by atoms with Crippen LogP contribution >= 0.6 is 0 Å². The van der Waals surface area contributed by atoms with Gasteiger partial charge in [-0.05, 0) is 49.6 Å². The number of carbonyl (C=O) groups excluding carboxylic acids is 1. The van der Waals surface area contributed by atoms with E-state index in [0.717, 1.165) is 23.4 Å². The number of guanidine groups is 1. The Morgan fingerprint density at radius 2 is 2.10 bits per heavy atom. The van der Waals surface area contributed by atoms with Gasteiger partial charge in [-0.15, -0.1) is 0 Å². The Hall–Kier alpha value is -3.09. The molecule has 0 radical (unpaired) electrons. The van der Waals surface area contributed by atoms with Crippen LogP contribution in [0.1, 0.15) is 30.5 Å². The molecular weight excluding hydrogens is 371 g/mol. The Bertz CT molecular complexity index is 900. The van der Waals surface area contributed by atoms with Crippen molar-refractivity contribution in [3.8, 4) is 5.75 Å². The van der Waals surface area contributed by atoms with Crippen LogP contribution < -0.4 is 20.3 Å². The van der Waals surface area contributed by atoms with Gasteiger partial charge in [-0.1, -0.05) is 24.3 Å². The first-order valence-corrected chi connectivity index (χ1v) is 9.75. The Balaban J connectivity index is 1.50. The van der Waals surface area contributed by atoms with Crippen molar-refractivity contribution in [2.45, 2.75) is 26.3 Å². The topological polar surface area (TPSA) is 66.0 Å². The van der Waals surface area contributed by atoms with Gasteiger partial charge in [0.1, 0.15) is 11.6 Å². The van der Waals surface area contributed by atoms with Crippen LogP contribution in [0, 0.1) is 12.7 Å². The van der Waals surface area contributed by atoms with E-state index in [4.69, 9.17) is 4.74 Å². The van der Waals surface area contributed by atoms with Gasteiger partial charge in [-0.3, -0.25) is 9.79 Å². The molecule has 0 fully saturated rings. The molecule has 3 rings (SSSR count). The zero-order valence-electron chi connectivity index (χ0n) is 17.0. The SMILES string of the molecule is CN=C(NCCCN1C(=O)COc2ccccc21)NC(C)c1ccc(C)c(F)c1. The number of carbonyl (C=O) groups is 1. The largest absolute Gasteiger partial charge is 0.482 e. The minimum Gasteiger partial charge on any atom is -0.482 e. The number of nitrogens with zero attached hydrogens (tertiary/aromatic N) is 2. The van der Waals surface area contributed by atoms with Crippen LogP contribution in [0.15, 0.2) is 47.5 Å². The number of benzene rings is 2. The number of para-hydroxylation sites is 2. The average Bonchev–Trinajstić information content (AvgIpc) is 2.73. The van der Waals surface area contributed by atoms with Crippen LogP contribution in [0.2, 0.25) is 0 Å². The van der Waals surface area contributed by atoms with Gasteiger partial charge in [0.05, 0.1) is 11.7 Å². The maximum atomic E-state index is 13.8. The van der Waals surface area contributed by atoms with Crippen molar-refractivity contribution >= 4 is 17.6 Å². The van der Waals surface area contributed by atoms with Crippen molar-refractivity contribution in [2.24, 2.45) is 4.99 Å². The lowest BCUT2D eigenvalue weighted by Crippen LogP contribution is -2.42. The highest BCUT2D eigenvalue weighted by Gasteiger charge is 2.24. The van der Waals surface area contributed by atoms with E-state index in [1.165, 1.54) is 0 Å². The molecule has 2 N–H and O–H groups in total. The van der Waals surface area contributed by atoms with E-state index in [1.807, 2.05) is 37.3 Å². The van der Waals surface area contributed by atoms with Gasteiger partial charge >= 0.3 is 0 Å². The molecule has 2 aromatic rings. The zero-order valence-corrected chi connectivity index (χ0v) is 17.0. The van der Waals surface area contributed by atoms with Crippen LogP contribution in [-0.2, 0) is 4.79 Å². The predicted molar refractivity (Wildman–Crippen MR) is 113 cm³/mol. The average molecular weight is 398 g/mol. The fourth-order valence-electron chi connectivity index (χ4n) is 3.20. The number of anilines is 1. The van der Waals surface area contributed by atoms with E-state index < -0.39 is 0 Å². The molecule has 0 aliphatic carbocycles. The Morgan fingerprint density at radius 1 is 1.31 bits per heavy atom. The van der Waals surface area contributed by atoms with E-state index in [-0.39, 0.29) is 24.4 Å². The summed E-state index contributed by atoms with van der Waals surface area (Å²) in [6, 6.07) is 12.7. The van der Waals surface area contributed by atoms with Crippen LogP contribution in [0.3, 0.4) is 0 Å². The second-order valence-corrected chi connectivity index (χ2v) is 7.03. The molecular formula is C22H27FN4O2. The van der Waals surface area contributed by atoms with E-state index in [1.54, 1.807) is 31.0 Å². The lowest BCUT2D eigenvalue weighted by molar-refractivity contribution is -0.121. The number of hydrogen-bond acceptors (Lipinski definition) is 3. The van der Waals surface area contributed by atoms with Crippen LogP contribution in [0.4, 0.5) is 10.1 Å². The molecule has 0 spiro atoms. The lowest BCUT2D eigenvalue weighted by atomic mass is 10.1. The monoisotopic (exact) mass is 398 g/mol. The van der Waals surface area contributed by atoms with Gasteiger partial charge in [0.2, 0.25) is 0 Å². The summed E-state index contributed by atoms with van der Waals surface area (Å²) in [5.74, 6) is 1.11. The van der Waals surface area contributed by atoms with E-state index in [9.17, 15) is 9.18 Å². The van der Waals surface area contributed by atoms with Gasteiger partial charge in [-0.25, -0.2) is 4.39 Å². The number of nitrogens with one attached hydrogen (secondary N) is 2. The number of aryl methyl sites for hydroxylation is 1. The molecule has 2 aromatic carbocycles. The molecule has 0 saturated heterocycles. The van der Waals surface area contributed by atoms with Crippen molar-refractivity contribution in [3.63, 3.8) is 0 Å². The molecule has 0 saturated carbocycles. The first-order valence-electron chi connectivity index (χ1n) is 9.75. The van der Waals surface area contributed by atoms with Crippen molar-refractivity contribution in [1.82, 2.24) is 10.6 Å². The van der Waals surface area contributed by atoms with Gasteiger partial charge in [-0.2, -0.15) is 0 Å². The Labute approximate surface area is 170 Å². The number of aliphatic imine (C=N–C) groups is 1. The molecule has 7 heteroatoms. The summed E-state index contributed by atoms with van der Waals surface area (Å²) in [6.07, 6.45) is 0.744. The van der Waals surface area contributed by atoms with Crippen molar-refractivity contribution in [1.29, 1.82) is 0 Å². The minimum atomic E-state index is -0.213. The normalized spacial score (nSPS) is 14.8. The van der Waals surface area contributed by atoms with Crippen LogP contribution in [-0.4, -0.2) is 38.6 Å². The molecule has 154 valence electrons. The summed E-state index contributed by atoms with van der Waals surface area (Å²) < 4.78 is 19.3. The number of ether oxygens (including phenoxy) is 1. The maximum Gasteiger partial charge on any atom is 0.265 e. The fraction of sp³-hybridized carbons (Fsp3) is 0.364. The Morgan fingerprint density at radius 3 is 2.86 bits per heavy atom. The summed E-state index contributed by atoms with van der Waals surface area (Å²) in [6.45, 7) is 5.00. The summed E-state index contributed by atoms with van der Waals surface area (Å²) in [7, 11) is 1.69. The number of amides is 1. The molecule has 1 unspecified atom stereocenters. The molecule has 1 heterocycles. The lowest BCUT2D eigenvalue weighted by Gasteiger charge is -2.29. The van der Waals surface area contributed by atoms with Crippen molar-refractivity contribution < 1.29 is 13.9 Å². The van der Waals surface area contributed by atoms with Crippen molar-refractivity contribution in [2.75, 3.05) is 31.6 Å². The van der Waals surface area contributed by atoms with Crippen molar-refractivity contribution in [3.05, 3.63) is 59.4 Å². The van der Waals surface area contributed by atoms with Crippen LogP contribution in [0.25, 0.3) is 0 Å². The molecule has 6 nitrogen and oxygen atoms in total. The smallest absolute Gasteiger partial charge is 0.265 e. The van der Waals surface area contributed by atoms with Gasteiger partial charge < -0.3 is 20.3 Å². The van der Waals surface area contributed by atoms with E-state index >= 15 is 0 Å². The molecule has 0 aromatic heterocycles. The second-order valence-electron chi connectivity index (χ2n) is 7.03. The first kappa shape index (κ1) is 20.6. The summed E-state index contributed by atoms with van der Waals surface area (Å²) in [5, 5.41) is 6.51. The quantitative estimate of drug-likeness (QED) is 0.446. The molecule has 1 atom stereocenters. The van der Waals surface area contributed by atoms with Gasteiger partial charge in [0, 0.05) is 20.1 Å². The third-order valence-corrected chi connectivity index (χ3v) is 4.93. The molecule has 0 bridgehead atoms. The third kappa shape index (κ3) is 5.04. The van der Waals surface area contributed by atoms with Gasteiger partial charge in [0.25, 0.3) is 5.91 Å². The zero-order chi connectivity index (χ0) is 20.8. The summed E-state index contributed by atoms with van der Waals surface area (Å²) >= 11 is 0. The molecule has 1 aliphatic rings. The maximum absolute atomic E-state index is 13.8. The van der Waals surface area contributed by atoms with E-state index in [0.29, 0.717) is 24.6 Å². The summed E-state index contributed by atoms with van der Waals surface area (Å²) in [4.78, 5) is 18.2. The number of rotatable bonds is 6. The predicted octanol–water partition coefficient (Wildman–Crippen LogP) is 3.18. The molecule has 29 heavy (non-hydrogen) atoms. The number of halogens is 1. The number of hydrogen-bond donors (Lipinski definition) is 2. The highest BCUT2D eigenvalue weighted by Crippen LogP contribution is 2.31. The Kier molecular flexibility index (Phi) is 6.69. The van der Waals surface area contributed by atoms with Crippen LogP contribution in [0.5, 0.6) is 5.75 Å². The van der Waals surface area contributed by atoms with Gasteiger partial charge in [0.15, 0.2) is 12.6 Å². The highest BCUT2D eigenvalue weighted by atomic mass is 19.1. The number of fused-ring (bicyclic) bond motifs is 1.